The highest BCUT2D eigenvalue weighted by Crippen LogP contribution is 2.40. The Morgan fingerprint density at radius 1 is 1.17 bits per heavy atom. The number of fused-ring (bicyclic) bond motifs is 2. The molecule has 218 valence electrons. The SMILES string of the molecule is C=CC(=O)N1CCN(c2c(C#N)c(OCC3CCCN3C)nc3c2CCN(c2cccc4ccc(F)c(C)c24)C3)CC1. The Hall–Kier alpha value is -4.16. The van der Waals surface area contributed by atoms with E-state index in [1.807, 2.05) is 31.2 Å². The van der Waals surface area contributed by atoms with E-state index in [0.717, 1.165) is 52.8 Å². The van der Waals surface area contributed by atoms with Crippen molar-refractivity contribution in [1.82, 2.24) is 14.8 Å². The number of nitriles is 1. The van der Waals surface area contributed by atoms with Gasteiger partial charge in [-0.3, -0.25) is 4.79 Å². The molecule has 3 aliphatic rings. The number of pyridine rings is 1. The van der Waals surface area contributed by atoms with Crippen molar-refractivity contribution >= 4 is 28.1 Å². The highest BCUT2D eigenvalue weighted by molar-refractivity contribution is 5.97. The minimum absolute atomic E-state index is 0.0749. The lowest BCUT2D eigenvalue weighted by atomic mass is 9.96. The molecular formula is C33H37FN6O2. The lowest BCUT2D eigenvalue weighted by Crippen LogP contribution is -2.49. The number of ether oxygens (including phenoxy) is 1. The Bertz CT molecular complexity index is 1580. The van der Waals surface area contributed by atoms with Gasteiger partial charge in [0.1, 0.15) is 24.1 Å². The van der Waals surface area contributed by atoms with Gasteiger partial charge in [0, 0.05) is 55.4 Å². The molecule has 0 bridgehead atoms. The van der Waals surface area contributed by atoms with Crippen molar-refractivity contribution in [1.29, 1.82) is 5.26 Å². The van der Waals surface area contributed by atoms with Crippen LogP contribution in [0, 0.1) is 24.1 Å². The Balaban J connectivity index is 1.38. The minimum atomic E-state index is -0.215. The van der Waals surface area contributed by atoms with Crippen LogP contribution in [0.2, 0.25) is 0 Å². The van der Waals surface area contributed by atoms with Crippen LogP contribution in [0.25, 0.3) is 10.8 Å². The van der Waals surface area contributed by atoms with Crippen LogP contribution in [0.4, 0.5) is 15.8 Å². The Morgan fingerprint density at radius 2 is 1.98 bits per heavy atom. The number of likely N-dealkylation sites (tertiary alicyclic amines) is 1. The maximum absolute atomic E-state index is 14.7. The molecule has 0 saturated carbocycles. The number of hydrogen-bond donors (Lipinski definition) is 0. The molecule has 2 fully saturated rings. The van der Waals surface area contributed by atoms with Gasteiger partial charge in [-0.15, -0.1) is 0 Å². The molecule has 6 rings (SSSR count). The molecule has 3 aromatic rings. The highest BCUT2D eigenvalue weighted by Gasteiger charge is 2.32. The fourth-order valence-electron chi connectivity index (χ4n) is 6.72. The van der Waals surface area contributed by atoms with Crippen molar-refractivity contribution in [3.8, 4) is 11.9 Å². The molecule has 4 heterocycles. The molecule has 0 spiro atoms. The monoisotopic (exact) mass is 568 g/mol. The van der Waals surface area contributed by atoms with Gasteiger partial charge >= 0.3 is 0 Å². The zero-order valence-corrected chi connectivity index (χ0v) is 24.4. The van der Waals surface area contributed by atoms with E-state index >= 15 is 0 Å². The summed E-state index contributed by atoms with van der Waals surface area (Å²) in [6.07, 6.45) is 4.23. The number of halogens is 1. The Labute approximate surface area is 246 Å². The van der Waals surface area contributed by atoms with Crippen molar-refractivity contribution in [2.24, 2.45) is 0 Å². The number of nitrogens with zero attached hydrogens (tertiary/aromatic N) is 6. The number of aromatic nitrogens is 1. The van der Waals surface area contributed by atoms with Gasteiger partial charge in [0.15, 0.2) is 0 Å². The lowest BCUT2D eigenvalue weighted by Gasteiger charge is -2.39. The summed E-state index contributed by atoms with van der Waals surface area (Å²) >= 11 is 0. The van der Waals surface area contributed by atoms with Gasteiger partial charge in [-0.2, -0.15) is 5.26 Å². The molecule has 1 amide bonds. The first-order valence-electron chi connectivity index (χ1n) is 14.8. The van der Waals surface area contributed by atoms with Gasteiger partial charge in [-0.05, 0) is 68.9 Å². The van der Waals surface area contributed by atoms with Gasteiger partial charge in [-0.1, -0.05) is 24.8 Å². The Kier molecular flexibility index (Phi) is 7.74. The summed E-state index contributed by atoms with van der Waals surface area (Å²) in [6.45, 7) is 10.5. The molecule has 0 aliphatic carbocycles. The van der Waals surface area contributed by atoms with Crippen LogP contribution in [0.5, 0.6) is 5.88 Å². The molecule has 8 nitrogen and oxygen atoms in total. The third kappa shape index (κ3) is 5.05. The summed E-state index contributed by atoms with van der Waals surface area (Å²) in [6, 6.07) is 12.2. The standard InChI is InChI=1S/C33H37FN6O2/c1-4-30(41)38-15-17-39(18-16-38)32-25-12-14-40(29-9-5-7-23-10-11-27(34)22(2)31(23)29)20-28(25)36-33(26(32)19-35)42-21-24-8-6-13-37(24)3/h4-5,7,9-11,24H,1,6,8,12-18,20-21H2,2-3H3. The van der Waals surface area contributed by atoms with E-state index in [0.29, 0.717) is 69.3 Å². The predicted molar refractivity (Wildman–Crippen MR) is 162 cm³/mol. The third-order valence-corrected chi connectivity index (χ3v) is 9.13. The lowest BCUT2D eigenvalue weighted by molar-refractivity contribution is -0.126. The van der Waals surface area contributed by atoms with Crippen LogP contribution in [-0.2, 0) is 17.8 Å². The number of aryl methyl sites for hydroxylation is 1. The fraction of sp³-hybridized carbons (Fsp3) is 0.424. The number of benzene rings is 2. The first-order chi connectivity index (χ1) is 20.4. The van der Waals surface area contributed by atoms with E-state index in [1.54, 1.807) is 4.90 Å². The maximum atomic E-state index is 14.7. The first kappa shape index (κ1) is 28.0. The number of amides is 1. The number of likely N-dealkylation sites (N-methyl/N-ethyl adjacent to an activating group) is 1. The van der Waals surface area contributed by atoms with Crippen molar-refractivity contribution in [3.05, 3.63) is 71.2 Å². The molecule has 42 heavy (non-hydrogen) atoms. The van der Waals surface area contributed by atoms with E-state index in [2.05, 4.69) is 34.4 Å². The molecule has 2 aromatic carbocycles. The molecule has 3 aliphatic heterocycles. The highest BCUT2D eigenvalue weighted by atomic mass is 19.1. The predicted octanol–water partition coefficient (Wildman–Crippen LogP) is 4.42. The van der Waals surface area contributed by atoms with Crippen molar-refractivity contribution in [2.75, 3.05) is 62.7 Å². The second-order valence-electron chi connectivity index (χ2n) is 11.5. The quantitative estimate of drug-likeness (QED) is 0.408. The van der Waals surface area contributed by atoms with Crippen LogP contribution < -0.4 is 14.5 Å². The summed E-state index contributed by atoms with van der Waals surface area (Å²) in [7, 11) is 2.11. The second kappa shape index (κ2) is 11.6. The van der Waals surface area contributed by atoms with E-state index < -0.39 is 0 Å². The smallest absolute Gasteiger partial charge is 0.246 e. The molecular weight excluding hydrogens is 531 g/mol. The first-order valence-corrected chi connectivity index (χ1v) is 14.8. The molecule has 2 saturated heterocycles. The summed E-state index contributed by atoms with van der Waals surface area (Å²) in [5, 5.41) is 12.3. The van der Waals surface area contributed by atoms with Gasteiger partial charge in [0.2, 0.25) is 11.8 Å². The normalized spacial score (nSPS) is 19.1. The summed E-state index contributed by atoms with van der Waals surface area (Å²) in [5.41, 5.74) is 4.89. The molecule has 0 N–H and O–H groups in total. The van der Waals surface area contributed by atoms with Gasteiger partial charge in [-0.25, -0.2) is 9.37 Å². The van der Waals surface area contributed by atoms with Gasteiger partial charge in [0.25, 0.3) is 0 Å². The molecule has 1 atom stereocenters. The van der Waals surface area contributed by atoms with Crippen LogP contribution in [0.3, 0.4) is 0 Å². The second-order valence-corrected chi connectivity index (χ2v) is 11.5. The summed E-state index contributed by atoms with van der Waals surface area (Å²) in [4.78, 5) is 25.8. The number of anilines is 2. The van der Waals surface area contributed by atoms with E-state index in [4.69, 9.17) is 9.72 Å². The molecule has 9 heteroatoms. The van der Waals surface area contributed by atoms with E-state index in [9.17, 15) is 14.4 Å². The van der Waals surface area contributed by atoms with Crippen molar-refractivity contribution in [3.63, 3.8) is 0 Å². The van der Waals surface area contributed by atoms with E-state index in [1.165, 1.54) is 12.1 Å². The van der Waals surface area contributed by atoms with Crippen molar-refractivity contribution in [2.45, 2.75) is 38.8 Å². The number of hydrogen-bond acceptors (Lipinski definition) is 7. The largest absolute Gasteiger partial charge is 0.475 e. The fourth-order valence-corrected chi connectivity index (χ4v) is 6.72. The number of rotatable bonds is 6. The number of carbonyl (C=O) groups is 1. The average molecular weight is 569 g/mol. The zero-order chi connectivity index (χ0) is 29.4. The van der Waals surface area contributed by atoms with Crippen LogP contribution in [0.1, 0.15) is 35.2 Å². The maximum Gasteiger partial charge on any atom is 0.246 e. The number of carbonyl (C=O) groups excluding carboxylic acids is 1. The van der Waals surface area contributed by atoms with Crippen LogP contribution in [0.15, 0.2) is 43.0 Å². The van der Waals surface area contributed by atoms with Gasteiger partial charge in [0.05, 0.1) is 17.9 Å². The molecule has 1 aromatic heterocycles. The molecule has 1 unspecified atom stereocenters. The van der Waals surface area contributed by atoms with Crippen LogP contribution in [-0.4, -0.2) is 79.7 Å². The average Bonchev–Trinajstić information content (AvgIpc) is 3.44. The Morgan fingerprint density at radius 3 is 2.69 bits per heavy atom. The number of piperazine rings is 1. The zero-order valence-electron chi connectivity index (χ0n) is 24.4. The minimum Gasteiger partial charge on any atom is -0.475 e. The third-order valence-electron chi connectivity index (χ3n) is 9.13. The van der Waals surface area contributed by atoms with Crippen LogP contribution >= 0.6 is 0 Å². The van der Waals surface area contributed by atoms with Gasteiger partial charge < -0.3 is 24.3 Å². The summed E-state index contributed by atoms with van der Waals surface area (Å²) < 4.78 is 21.0. The molecule has 0 radical (unpaired) electrons. The van der Waals surface area contributed by atoms with E-state index in [-0.39, 0.29) is 17.8 Å². The summed E-state index contributed by atoms with van der Waals surface area (Å²) in [5.74, 6) is 0.0836. The topological polar surface area (TPSA) is 75.9 Å². The van der Waals surface area contributed by atoms with Crippen molar-refractivity contribution < 1.29 is 13.9 Å².